The number of hydrogen-bond donors (Lipinski definition) is 1. The van der Waals surface area contributed by atoms with Gasteiger partial charge in [0.25, 0.3) is 11.8 Å². The maximum absolute atomic E-state index is 11.4. The topological polar surface area (TPSA) is 83.6 Å². The summed E-state index contributed by atoms with van der Waals surface area (Å²) in [6.07, 6.45) is 4.64. The zero-order chi connectivity index (χ0) is 14.3. The molecule has 1 aliphatic heterocycles. The molecule has 0 unspecified atom stereocenters. The second-order valence-electron chi connectivity index (χ2n) is 4.42. The van der Waals surface area contributed by atoms with E-state index in [2.05, 4.69) is 5.32 Å². The molecular weight excluding hydrogens is 247 g/mol. The Morgan fingerprint density at radius 2 is 1.68 bits per heavy atom. The highest BCUT2D eigenvalue weighted by Crippen LogP contribution is 2.02. The average molecular weight is 264 g/mol. The molecule has 6 nitrogen and oxygen atoms in total. The molecule has 0 saturated heterocycles. The summed E-state index contributed by atoms with van der Waals surface area (Å²) in [6.45, 7) is 0.439. The molecule has 0 radical (unpaired) electrons. The molecular formula is C12H17BN2O4. The van der Waals surface area contributed by atoms with Crippen molar-refractivity contribution in [3.05, 3.63) is 12.2 Å². The summed E-state index contributed by atoms with van der Waals surface area (Å²) in [5, 5.41) is 2.64. The van der Waals surface area contributed by atoms with Gasteiger partial charge in [-0.25, -0.2) is 0 Å². The van der Waals surface area contributed by atoms with Crippen LogP contribution >= 0.6 is 0 Å². The summed E-state index contributed by atoms with van der Waals surface area (Å²) in [7, 11) is 1.53. The van der Waals surface area contributed by atoms with Crippen molar-refractivity contribution in [3.63, 3.8) is 0 Å². The van der Waals surface area contributed by atoms with Gasteiger partial charge in [0.2, 0.25) is 5.91 Å². The van der Waals surface area contributed by atoms with Crippen molar-refractivity contribution in [2.24, 2.45) is 0 Å². The lowest BCUT2D eigenvalue weighted by Crippen LogP contribution is -2.38. The standard InChI is InChI=1S/C12H17BN2O4/c13-9(16)3-1-2-4-10(17)14-7-8-15-11(18)5-6-12(15)19/h5-6H,1-4,7-8,13H2,(H,14,17). The van der Waals surface area contributed by atoms with E-state index in [0.29, 0.717) is 25.7 Å². The number of carbonyl (C=O) groups is 4. The van der Waals surface area contributed by atoms with Gasteiger partial charge in [0, 0.05) is 31.7 Å². The summed E-state index contributed by atoms with van der Waals surface area (Å²) in [4.78, 5) is 45.6. The monoisotopic (exact) mass is 264 g/mol. The number of imide groups is 1. The third-order valence-corrected chi connectivity index (χ3v) is 2.74. The van der Waals surface area contributed by atoms with Crippen LogP contribution in [0.5, 0.6) is 0 Å². The quantitative estimate of drug-likeness (QED) is 0.337. The Kier molecular flexibility index (Phi) is 5.98. The highest BCUT2D eigenvalue weighted by atomic mass is 16.2. The van der Waals surface area contributed by atoms with Gasteiger partial charge in [-0.2, -0.15) is 0 Å². The minimum Gasteiger partial charge on any atom is -0.354 e. The van der Waals surface area contributed by atoms with Crippen LogP contribution in [0.15, 0.2) is 12.2 Å². The van der Waals surface area contributed by atoms with Gasteiger partial charge in [0.1, 0.15) is 0 Å². The normalized spacial score (nSPS) is 14.0. The van der Waals surface area contributed by atoms with E-state index in [-0.39, 0.29) is 36.5 Å². The van der Waals surface area contributed by atoms with Crippen LogP contribution in [0.25, 0.3) is 0 Å². The van der Waals surface area contributed by atoms with Gasteiger partial charge in [0.15, 0.2) is 7.85 Å². The smallest absolute Gasteiger partial charge is 0.253 e. The first kappa shape index (κ1) is 15.1. The molecule has 19 heavy (non-hydrogen) atoms. The molecule has 1 rings (SSSR count). The number of unbranched alkanes of at least 4 members (excludes halogenated alkanes) is 1. The SMILES string of the molecule is BC(=O)CCCCC(=O)NCCN1C(=O)C=CC1=O. The van der Waals surface area contributed by atoms with Crippen molar-refractivity contribution >= 4 is 31.3 Å². The van der Waals surface area contributed by atoms with Crippen LogP contribution in [-0.4, -0.2) is 49.2 Å². The van der Waals surface area contributed by atoms with Crippen LogP contribution in [0.2, 0.25) is 0 Å². The largest absolute Gasteiger partial charge is 0.354 e. The molecule has 3 amide bonds. The molecule has 0 bridgehead atoms. The third-order valence-electron chi connectivity index (χ3n) is 2.74. The van der Waals surface area contributed by atoms with Crippen LogP contribution in [0, 0.1) is 0 Å². The molecule has 7 heteroatoms. The summed E-state index contributed by atoms with van der Waals surface area (Å²) < 4.78 is 0. The number of hydrogen-bond acceptors (Lipinski definition) is 4. The van der Waals surface area contributed by atoms with Gasteiger partial charge >= 0.3 is 0 Å². The molecule has 1 heterocycles. The molecule has 0 aromatic carbocycles. The molecule has 102 valence electrons. The second-order valence-corrected chi connectivity index (χ2v) is 4.42. The van der Waals surface area contributed by atoms with E-state index in [1.54, 1.807) is 0 Å². The molecule has 0 aromatic rings. The van der Waals surface area contributed by atoms with Crippen molar-refractivity contribution < 1.29 is 19.2 Å². The Hall–Kier alpha value is -1.92. The molecule has 1 aliphatic rings. The van der Waals surface area contributed by atoms with Crippen LogP contribution in [-0.2, 0) is 19.2 Å². The van der Waals surface area contributed by atoms with Crippen LogP contribution < -0.4 is 5.32 Å². The highest BCUT2D eigenvalue weighted by Gasteiger charge is 2.22. The summed E-state index contributed by atoms with van der Waals surface area (Å²) in [5.74, 6) is -0.822. The highest BCUT2D eigenvalue weighted by molar-refractivity contribution is 6.57. The first-order valence-electron chi connectivity index (χ1n) is 6.30. The zero-order valence-corrected chi connectivity index (χ0v) is 11.0. The Morgan fingerprint density at radius 1 is 1.11 bits per heavy atom. The Balaban J connectivity index is 2.09. The first-order valence-corrected chi connectivity index (χ1v) is 6.30. The van der Waals surface area contributed by atoms with E-state index < -0.39 is 0 Å². The van der Waals surface area contributed by atoms with Gasteiger partial charge in [0.05, 0.1) is 5.68 Å². The fraction of sp³-hybridized carbons (Fsp3) is 0.500. The number of rotatable bonds is 8. The Bertz CT molecular complexity index is 402. The summed E-state index contributed by atoms with van der Waals surface area (Å²) >= 11 is 0. The van der Waals surface area contributed by atoms with Crippen molar-refractivity contribution in [1.82, 2.24) is 10.2 Å². The van der Waals surface area contributed by atoms with Gasteiger partial charge in [-0.15, -0.1) is 0 Å². The minimum atomic E-state index is -0.347. The molecule has 0 spiro atoms. The Labute approximate surface area is 112 Å². The van der Waals surface area contributed by atoms with Crippen LogP contribution in [0.1, 0.15) is 25.7 Å². The zero-order valence-electron chi connectivity index (χ0n) is 11.0. The van der Waals surface area contributed by atoms with Crippen molar-refractivity contribution in [3.8, 4) is 0 Å². The average Bonchev–Trinajstić information content (AvgIpc) is 2.66. The molecule has 0 saturated carbocycles. The summed E-state index contributed by atoms with van der Waals surface area (Å²) in [5.41, 5.74) is 0.124. The van der Waals surface area contributed by atoms with Gasteiger partial charge < -0.3 is 10.1 Å². The number of carbonyl (C=O) groups excluding carboxylic acids is 4. The van der Waals surface area contributed by atoms with E-state index in [1.165, 1.54) is 20.0 Å². The predicted molar refractivity (Wildman–Crippen MR) is 70.9 cm³/mol. The van der Waals surface area contributed by atoms with Gasteiger partial charge in [-0.3, -0.25) is 19.3 Å². The van der Waals surface area contributed by atoms with Gasteiger partial charge in [-0.1, -0.05) is 0 Å². The fourth-order valence-corrected chi connectivity index (χ4v) is 1.71. The van der Waals surface area contributed by atoms with E-state index in [0.717, 1.165) is 4.90 Å². The summed E-state index contributed by atoms with van der Waals surface area (Å²) in [6, 6.07) is 0. The van der Waals surface area contributed by atoms with Crippen molar-refractivity contribution in [2.45, 2.75) is 25.7 Å². The van der Waals surface area contributed by atoms with Crippen LogP contribution in [0.4, 0.5) is 0 Å². The molecule has 0 aromatic heterocycles. The van der Waals surface area contributed by atoms with E-state index >= 15 is 0 Å². The fourth-order valence-electron chi connectivity index (χ4n) is 1.71. The van der Waals surface area contributed by atoms with Crippen molar-refractivity contribution in [2.75, 3.05) is 13.1 Å². The maximum atomic E-state index is 11.4. The first-order chi connectivity index (χ1) is 9.00. The maximum Gasteiger partial charge on any atom is 0.253 e. The van der Waals surface area contributed by atoms with E-state index in [4.69, 9.17) is 0 Å². The van der Waals surface area contributed by atoms with E-state index in [1.807, 2.05) is 0 Å². The molecule has 0 fully saturated rings. The van der Waals surface area contributed by atoms with Crippen LogP contribution in [0.3, 0.4) is 0 Å². The third kappa shape index (κ3) is 5.50. The number of nitrogens with zero attached hydrogens (tertiary/aromatic N) is 1. The van der Waals surface area contributed by atoms with Crippen molar-refractivity contribution in [1.29, 1.82) is 0 Å². The molecule has 0 aliphatic carbocycles. The lowest BCUT2D eigenvalue weighted by atomic mass is 9.97. The Morgan fingerprint density at radius 3 is 2.26 bits per heavy atom. The molecule has 0 atom stereocenters. The molecule has 1 N–H and O–H groups in total. The number of nitrogens with one attached hydrogen (secondary N) is 1. The number of amides is 3. The second kappa shape index (κ2) is 7.50. The lowest BCUT2D eigenvalue weighted by molar-refractivity contribution is -0.137. The van der Waals surface area contributed by atoms with Gasteiger partial charge in [-0.05, 0) is 19.3 Å². The lowest BCUT2D eigenvalue weighted by Gasteiger charge is -2.13. The predicted octanol–water partition coefficient (Wildman–Crippen LogP) is -1.25. The van der Waals surface area contributed by atoms with E-state index in [9.17, 15) is 19.2 Å². The minimum absolute atomic E-state index is 0.124.